The highest BCUT2D eigenvalue weighted by molar-refractivity contribution is 5.47. The first-order chi connectivity index (χ1) is 14.1. The second-order valence-corrected chi connectivity index (χ2v) is 7.35. The van der Waals surface area contributed by atoms with E-state index in [1.807, 2.05) is 19.3 Å². The van der Waals surface area contributed by atoms with E-state index < -0.39 is 0 Å². The van der Waals surface area contributed by atoms with Crippen molar-refractivity contribution in [3.05, 3.63) is 88.7 Å². The molecule has 0 aliphatic carbocycles. The van der Waals surface area contributed by atoms with E-state index in [2.05, 4.69) is 72.3 Å². The van der Waals surface area contributed by atoms with Crippen LogP contribution in [-0.2, 0) is 19.6 Å². The minimum absolute atomic E-state index is 0.614. The van der Waals surface area contributed by atoms with E-state index in [9.17, 15) is 0 Å². The molecule has 0 atom stereocenters. The summed E-state index contributed by atoms with van der Waals surface area (Å²) in [5.74, 6) is 1.59. The summed E-state index contributed by atoms with van der Waals surface area (Å²) in [6, 6.07) is 17.1. The lowest BCUT2D eigenvalue weighted by atomic mass is 10.1. The van der Waals surface area contributed by atoms with E-state index in [4.69, 9.17) is 9.47 Å². The number of benzene rings is 2. The summed E-state index contributed by atoms with van der Waals surface area (Å²) in [6.07, 6.45) is 3.70. The van der Waals surface area contributed by atoms with Crippen molar-refractivity contribution < 1.29 is 9.47 Å². The summed E-state index contributed by atoms with van der Waals surface area (Å²) in [7, 11) is 1.68. The maximum absolute atomic E-state index is 5.80. The van der Waals surface area contributed by atoms with Gasteiger partial charge in [-0.2, -0.15) is 0 Å². The molecule has 4 heteroatoms. The van der Waals surface area contributed by atoms with Crippen LogP contribution in [0.5, 0.6) is 11.5 Å². The number of hydrogen-bond acceptors (Lipinski definition) is 4. The van der Waals surface area contributed by atoms with Gasteiger partial charge in [0.25, 0.3) is 0 Å². The molecule has 2 aromatic carbocycles. The fraction of sp³-hybridized carbons (Fsp3) is 0.320. The van der Waals surface area contributed by atoms with Crippen LogP contribution in [0.3, 0.4) is 0 Å². The molecule has 0 spiro atoms. The quantitative estimate of drug-likeness (QED) is 0.496. The molecular formula is C25H30N2O2. The number of methoxy groups -OCH3 is 1. The Hall–Kier alpha value is -2.85. The Morgan fingerprint density at radius 3 is 2.10 bits per heavy atom. The molecule has 3 rings (SSSR count). The summed E-state index contributed by atoms with van der Waals surface area (Å²) >= 11 is 0. The first-order valence-corrected chi connectivity index (χ1v) is 10.1. The van der Waals surface area contributed by atoms with E-state index in [0.29, 0.717) is 6.61 Å². The smallest absolute Gasteiger partial charge is 0.161 e. The van der Waals surface area contributed by atoms with E-state index in [1.54, 1.807) is 7.11 Å². The van der Waals surface area contributed by atoms with Gasteiger partial charge in [0.1, 0.15) is 0 Å². The van der Waals surface area contributed by atoms with Crippen molar-refractivity contribution in [1.29, 1.82) is 0 Å². The number of pyridine rings is 1. The highest BCUT2D eigenvalue weighted by Gasteiger charge is 2.14. The molecule has 0 radical (unpaired) electrons. The van der Waals surface area contributed by atoms with Crippen molar-refractivity contribution in [1.82, 2.24) is 9.88 Å². The average Bonchev–Trinajstić information content (AvgIpc) is 2.73. The summed E-state index contributed by atoms with van der Waals surface area (Å²) in [6.45, 7) is 9.41. The van der Waals surface area contributed by atoms with Crippen LogP contribution in [0.25, 0.3) is 0 Å². The van der Waals surface area contributed by atoms with Crippen LogP contribution in [0.4, 0.5) is 0 Å². The van der Waals surface area contributed by atoms with Crippen molar-refractivity contribution in [2.75, 3.05) is 13.7 Å². The van der Waals surface area contributed by atoms with Gasteiger partial charge >= 0.3 is 0 Å². The number of nitrogens with zero attached hydrogens (tertiary/aromatic N) is 2. The number of aryl methyl sites for hydroxylation is 2. The van der Waals surface area contributed by atoms with Gasteiger partial charge in [-0.3, -0.25) is 9.88 Å². The fourth-order valence-electron chi connectivity index (χ4n) is 3.41. The molecule has 0 unspecified atom stereocenters. The molecule has 1 heterocycles. The van der Waals surface area contributed by atoms with Crippen LogP contribution in [0.2, 0.25) is 0 Å². The van der Waals surface area contributed by atoms with Crippen LogP contribution < -0.4 is 9.47 Å². The SMILES string of the molecule is CCOc1cc(CN(Cc2ccncc2)Cc2ccc(C)cc2)c(C)cc1OC. The standard InChI is InChI=1S/C25H30N2O2/c1-5-29-25-15-23(20(3)14-24(25)28-4)18-27(17-22-10-12-26-13-11-22)16-21-8-6-19(2)7-9-21/h6-15H,5,16-18H2,1-4H3. The summed E-state index contributed by atoms with van der Waals surface area (Å²) in [5, 5.41) is 0. The van der Waals surface area contributed by atoms with E-state index >= 15 is 0 Å². The topological polar surface area (TPSA) is 34.6 Å². The van der Waals surface area contributed by atoms with E-state index in [0.717, 1.165) is 31.1 Å². The first kappa shape index (κ1) is 20.9. The fourth-order valence-corrected chi connectivity index (χ4v) is 3.41. The van der Waals surface area contributed by atoms with Gasteiger partial charge in [0.15, 0.2) is 11.5 Å². The summed E-state index contributed by atoms with van der Waals surface area (Å²) < 4.78 is 11.3. The Labute approximate surface area is 174 Å². The molecule has 0 aliphatic heterocycles. The zero-order chi connectivity index (χ0) is 20.6. The monoisotopic (exact) mass is 390 g/mol. The average molecular weight is 391 g/mol. The predicted octanol–water partition coefficient (Wildman–Crippen LogP) is 5.31. The zero-order valence-electron chi connectivity index (χ0n) is 17.8. The van der Waals surface area contributed by atoms with Gasteiger partial charge in [0, 0.05) is 32.0 Å². The lowest BCUT2D eigenvalue weighted by Gasteiger charge is -2.24. The molecule has 0 N–H and O–H groups in total. The Morgan fingerprint density at radius 2 is 1.48 bits per heavy atom. The molecule has 0 amide bonds. The molecule has 0 aliphatic rings. The Kier molecular flexibility index (Phi) is 7.25. The molecule has 29 heavy (non-hydrogen) atoms. The van der Waals surface area contributed by atoms with Gasteiger partial charge in [0.05, 0.1) is 13.7 Å². The lowest BCUT2D eigenvalue weighted by Crippen LogP contribution is -2.23. The third-order valence-corrected chi connectivity index (χ3v) is 5.00. The second-order valence-electron chi connectivity index (χ2n) is 7.35. The number of hydrogen-bond donors (Lipinski definition) is 0. The molecule has 3 aromatic rings. The van der Waals surface area contributed by atoms with Crippen LogP contribution in [0.1, 0.15) is 34.7 Å². The summed E-state index contributed by atoms with van der Waals surface area (Å²) in [5.41, 5.74) is 6.29. The maximum Gasteiger partial charge on any atom is 0.161 e. The van der Waals surface area contributed by atoms with E-state index in [1.165, 1.54) is 27.8 Å². The molecule has 1 aromatic heterocycles. The second kappa shape index (κ2) is 10.1. The van der Waals surface area contributed by atoms with Gasteiger partial charge in [-0.05, 0) is 67.3 Å². The highest BCUT2D eigenvalue weighted by atomic mass is 16.5. The highest BCUT2D eigenvalue weighted by Crippen LogP contribution is 2.31. The molecule has 152 valence electrons. The predicted molar refractivity (Wildman–Crippen MR) is 117 cm³/mol. The van der Waals surface area contributed by atoms with Crippen LogP contribution >= 0.6 is 0 Å². The lowest BCUT2D eigenvalue weighted by molar-refractivity contribution is 0.246. The molecule has 0 bridgehead atoms. The normalized spacial score (nSPS) is 10.9. The van der Waals surface area contributed by atoms with Gasteiger partial charge < -0.3 is 9.47 Å². The van der Waals surface area contributed by atoms with Crippen LogP contribution in [0.15, 0.2) is 60.9 Å². The largest absolute Gasteiger partial charge is 0.493 e. The van der Waals surface area contributed by atoms with Crippen molar-refractivity contribution in [3.8, 4) is 11.5 Å². The Bertz CT molecular complexity index is 908. The third-order valence-electron chi connectivity index (χ3n) is 5.00. The number of rotatable bonds is 9. The molecule has 4 nitrogen and oxygen atoms in total. The van der Waals surface area contributed by atoms with Crippen LogP contribution in [-0.4, -0.2) is 23.6 Å². The maximum atomic E-state index is 5.80. The zero-order valence-corrected chi connectivity index (χ0v) is 17.8. The third kappa shape index (κ3) is 5.81. The molecular weight excluding hydrogens is 360 g/mol. The first-order valence-electron chi connectivity index (χ1n) is 10.1. The molecule has 0 saturated carbocycles. The molecule has 0 saturated heterocycles. The van der Waals surface area contributed by atoms with Crippen molar-refractivity contribution in [3.63, 3.8) is 0 Å². The Balaban J connectivity index is 1.87. The summed E-state index contributed by atoms with van der Waals surface area (Å²) in [4.78, 5) is 6.60. The number of aromatic nitrogens is 1. The van der Waals surface area contributed by atoms with Gasteiger partial charge in [0.2, 0.25) is 0 Å². The van der Waals surface area contributed by atoms with Gasteiger partial charge in [-0.25, -0.2) is 0 Å². The number of ether oxygens (including phenoxy) is 2. The minimum atomic E-state index is 0.614. The van der Waals surface area contributed by atoms with Crippen molar-refractivity contribution in [2.24, 2.45) is 0 Å². The van der Waals surface area contributed by atoms with Gasteiger partial charge in [-0.15, -0.1) is 0 Å². The van der Waals surface area contributed by atoms with E-state index in [-0.39, 0.29) is 0 Å². The van der Waals surface area contributed by atoms with Crippen molar-refractivity contribution in [2.45, 2.75) is 40.4 Å². The molecule has 0 fully saturated rings. The Morgan fingerprint density at radius 1 is 0.828 bits per heavy atom. The van der Waals surface area contributed by atoms with Crippen molar-refractivity contribution >= 4 is 0 Å². The van der Waals surface area contributed by atoms with Crippen LogP contribution in [0, 0.1) is 13.8 Å². The van der Waals surface area contributed by atoms with Gasteiger partial charge in [-0.1, -0.05) is 29.8 Å². The minimum Gasteiger partial charge on any atom is -0.493 e.